The van der Waals surface area contributed by atoms with E-state index in [0.717, 1.165) is 96.3 Å². The summed E-state index contributed by atoms with van der Waals surface area (Å²) in [6.07, 6.45) is 72.2. The van der Waals surface area contributed by atoms with Crippen LogP contribution < -0.4 is 0 Å². The quantitative estimate of drug-likeness (QED) is 0.0262. The summed E-state index contributed by atoms with van der Waals surface area (Å²) in [4.78, 5) is 38.1. The summed E-state index contributed by atoms with van der Waals surface area (Å²) in [6.45, 7) is 6.57. The van der Waals surface area contributed by atoms with Crippen LogP contribution in [0.4, 0.5) is 0 Å². The zero-order valence-electron chi connectivity index (χ0n) is 45.8. The standard InChI is InChI=1S/C63H112O6/c1-4-7-10-13-16-19-22-24-26-28-29-30-31-32-33-34-35-36-38-39-41-44-47-50-53-56-62(65)68-59-60(58-67-61(64)55-52-49-46-43-21-18-15-12-9-6-3)69-63(66)57-54-51-48-45-42-40-37-27-25-23-20-17-14-11-8-5-2/h12,15,22,24,27-29,31-32,37,60H,4-11,13-14,16-21,23,25-26,30,33-36,38-59H2,1-3H3/b15-12-,24-22-,29-28-,32-31-,37-27-. The molecule has 0 aromatic heterocycles. The Balaban J connectivity index is 4.25. The predicted octanol–water partition coefficient (Wildman–Crippen LogP) is 20.0. The summed E-state index contributed by atoms with van der Waals surface area (Å²) in [7, 11) is 0. The minimum atomic E-state index is -0.782. The minimum Gasteiger partial charge on any atom is -0.462 e. The lowest BCUT2D eigenvalue weighted by Crippen LogP contribution is -2.30. The van der Waals surface area contributed by atoms with Gasteiger partial charge in [-0.25, -0.2) is 0 Å². The van der Waals surface area contributed by atoms with E-state index >= 15 is 0 Å². The maximum absolute atomic E-state index is 12.8. The smallest absolute Gasteiger partial charge is 0.306 e. The Hall–Kier alpha value is -2.89. The van der Waals surface area contributed by atoms with E-state index in [1.807, 2.05) is 0 Å². The predicted molar refractivity (Wildman–Crippen MR) is 298 cm³/mol. The maximum Gasteiger partial charge on any atom is 0.306 e. The Morgan fingerprint density at radius 1 is 0.290 bits per heavy atom. The summed E-state index contributed by atoms with van der Waals surface area (Å²) in [5, 5.41) is 0. The van der Waals surface area contributed by atoms with Crippen LogP contribution in [0.3, 0.4) is 0 Å². The van der Waals surface area contributed by atoms with Crippen LogP contribution in [-0.2, 0) is 28.6 Å². The van der Waals surface area contributed by atoms with E-state index < -0.39 is 6.10 Å². The van der Waals surface area contributed by atoms with Crippen LogP contribution in [-0.4, -0.2) is 37.2 Å². The van der Waals surface area contributed by atoms with Crippen molar-refractivity contribution in [3.8, 4) is 0 Å². The molecule has 0 amide bonds. The Morgan fingerprint density at radius 3 is 0.884 bits per heavy atom. The number of carbonyl (C=O) groups is 3. The lowest BCUT2D eigenvalue weighted by atomic mass is 10.1. The number of ether oxygens (including phenoxy) is 3. The Morgan fingerprint density at radius 2 is 0.551 bits per heavy atom. The van der Waals surface area contributed by atoms with Crippen LogP contribution in [0.15, 0.2) is 60.8 Å². The Kier molecular flexibility index (Phi) is 55.3. The molecule has 0 aliphatic carbocycles. The molecule has 1 atom stereocenters. The molecule has 6 nitrogen and oxygen atoms in total. The Bertz CT molecular complexity index is 1250. The van der Waals surface area contributed by atoms with E-state index in [-0.39, 0.29) is 31.1 Å². The highest BCUT2D eigenvalue weighted by molar-refractivity contribution is 5.71. The highest BCUT2D eigenvalue weighted by atomic mass is 16.6. The molecular weight excluding hydrogens is 853 g/mol. The van der Waals surface area contributed by atoms with Gasteiger partial charge in [0.15, 0.2) is 6.10 Å². The zero-order chi connectivity index (χ0) is 50.0. The first kappa shape index (κ1) is 66.1. The molecule has 0 aliphatic rings. The van der Waals surface area contributed by atoms with Crippen LogP contribution >= 0.6 is 0 Å². The summed E-state index contributed by atoms with van der Waals surface area (Å²) in [5.41, 5.74) is 0. The second kappa shape index (κ2) is 57.7. The molecule has 0 aliphatic heterocycles. The number of esters is 3. The van der Waals surface area contributed by atoms with E-state index in [0.29, 0.717) is 19.3 Å². The van der Waals surface area contributed by atoms with Gasteiger partial charge in [-0.1, -0.05) is 242 Å². The van der Waals surface area contributed by atoms with E-state index in [9.17, 15) is 14.4 Å². The lowest BCUT2D eigenvalue weighted by Gasteiger charge is -2.18. The largest absolute Gasteiger partial charge is 0.462 e. The van der Waals surface area contributed by atoms with Crippen molar-refractivity contribution in [3.05, 3.63) is 60.8 Å². The third kappa shape index (κ3) is 55.9. The van der Waals surface area contributed by atoms with Crippen LogP contribution in [0.2, 0.25) is 0 Å². The van der Waals surface area contributed by atoms with Crippen LogP contribution in [0.1, 0.15) is 303 Å². The molecule has 0 saturated heterocycles. The van der Waals surface area contributed by atoms with Crippen molar-refractivity contribution in [1.29, 1.82) is 0 Å². The number of hydrogen-bond donors (Lipinski definition) is 0. The van der Waals surface area contributed by atoms with E-state index in [1.54, 1.807) is 0 Å². The van der Waals surface area contributed by atoms with Crippen molar-refractivity contribution in [2.24, 2.45) is 0 Å². The van der Waals surface area contributed by atoms with Crippen molar-refractivity contribution in [3.63, 3.8) is 0 Å². The van der Waals surface area contributed by atoms with Gasteiger partial charge in [0.1, 0.15) is 13.2 Å². The topological polar surface area (TPSA) is 78.9 Å². The van der Waals surface area contributed by atoms with Crippen molar-refractivity contribution in [2.45, 2.75) is 309 Å². The average molecular weight is 966 g/mol. The molecule has 0 radical (unpaired) electrons. The summed E-state index contributed by atoms with van der Waals surface area (Å²) in [5.74, 6) is -0.894. The molecule has 0 aromatic rings. The molecule has 0 bridgehead atoms. The van der Waals surface area contributed by atoms with Gasteiger partial charge >= 0.3 is 17.9 Å². The summed E-state index contributed by atoms with van der Waals surface area (Å²) in [6, 6.07) is 0. The molecule has 0 aromatic carbocycles. The molecule has 0 spiro atoms. The van der Waals surface area contributed by atoms with Gasteiger partial charge < -0.3 is 14.2 Å². The van der Waals surface area contributed by atoms with E-state index in [4.69, 9.17) is 14.2 Å². The van der Waals surface area contributed by atoms with Gasteiger partial charge in [-0.2, -0.15) is 0 Å². The first-order valence-corrected chi connectivity index (χ1v) is 29.8. The van der Waals surface area contributed by atoms with Crippen LogP contribution in [0.5, 0.6) is 0 Å². The number of hydrogen-bond acceptors (Lipinski definition) is 6. The fourth-order valence-electron chi connectivity index (χ4n) is 8.45. The molecule has 69 heavy (non-hydrogen) atoms. The van der Waals surface area contributed by atoms with Crippen molar-refractivity contribution >= 4 is 17.9 Å². The number of rotatable bonds is 54. The van der Waals surface area contributed by atoms with Gasteiger partial charge in [0, 0.05) is 19.3 Å². The van der Waals surface area contributed by atoms with Crippen LogP contribution in [0, 0.1) is 0 Å². The van der Waals surface area contributed by atoms with Crippen molar-refractivity contribution in [1.82, 2.24) is 0 Å². The van der Waals surface area contributed by atoms with Gasteiger partial charge in [0.2, 0.25) is 0 Å². The third-order valence-corrected chi connectivity index (χ3v) is 12.9. The molecule has 1 unspecified atom stereocenters. The SMILES string of the molecule is CCC/C=C\CCCCCCCC(=O)OCC(COC(=O)CCCCCCCCCCCC/C=C\C/C=C\C/C=C\CCCCCCC)OC(=O)CCCCCCC/C=C\CCCCCCCCC. The fraction of sp³-hybridized carbons (Fsp3) is 0.794. The summed E-state index contributed by atoms with van der Waals surface area (Å²) >= 11 is 0. The second-order valence-corrected chi connectivity index (χ2v) is 19.9. The maximum atomic E-state index is 12.8. The highest BCUT2D eigenvalue weighted by Crippen LogP contribution is 2.15. The highest BCUT2D eigenvalue weighted by Gasteiger charge is 2.19. The Labute approximate surface area is 428 Å². The minimum absolute atomic E-state index is 0.0812. The van der Waals surface area contributed by atoms with Crippen molar-refractivity contribution < 1.29 is 28.6 Å². The molecule has 0 heterocycles. The summed E-state index contributed by atoms with van der Waals surface area (Å²) < 4.78 is 16.8. The van der Waals surface area contributed by atoms with E-state index in [2.05, 4.69) is 81.5 Å². The molecule has 6 heteroatoms. The molecule has 0 saturated carbocycles. The first-order chi connectivity index (χ1) is 34.0. The fourth-order valence-corrected chi connectivity index (χ4v) is 8.45. The van der Waals surface area contributed by atoms with Crippen molar-refractivity contribution in [2.75, 3.05) is 13.2 Å². The molecule has 0 N–H and O–H groups in total. The first-order valence-electron chi connectivity index (χ1n) is 29.8. The molecular formula is C63H112O6. The van der Waals surface area contributed by atoms with Gasteiger partial charge in [-0.05, 0) is 103 Å². The number of carbonyl (C=O) groups excluding carboxylic acids is 3. The van der Waals surface area contributed by atoms with Gasteiger partial charge in [-0.3, -0.25) is 14.4 Å². The second-order valence-electron chi connectivity index (χ2n) is 19.9. The lowest BCUT2D eigenvalue weighted by molar-refractivity contribution is -0.167. The monoisotopic (exact) mass is 965 g/mol. The van der Waals surface area contributed by atoms with Gasteiger partial charge in [0.25, 0.3) is 0 Å². The number of allylic oxidation sites excluding steroid dienone is 10. The third-order valence-electron chi connectivity index (χ3n) is 12.9. The average Bonchev–Trinajstić information content (AvgIpc) is 3.35. The number of unbranched alkanes of at least 4 members (excludes halogenated alkanes) is 33. The molecule has 0 fully saturated rings. The molecule has 0 rings (SSSR count). The van der Waals surface area contributed by atoms with Gasteiger partial charge in [0.05, 0.1) is 0 Å². The molecule has 400 valence electrons. The normalized spacial score (nSPS) is 12.4. The zero-order valence-corrected chi connectivity index (χ0v) is 45.8. The van der Waals surface area contributed by atoms with Crippen LogP contribution in [0.25, 0.3) is 0 Å². The van der Waals surface area contributed by atoms with Gasteiger partial charge in [-0.15, -0.1) is 0 Å². The van der Waals surface area contributed by atoms with E-state index in [1.165, 1.54) is 167 Å².